The molecule has 2 aliphatic heterocycles. The third-order valence-electron chi connectivity index (χ3n) is 4.03. The summed E-state index contributed by atoms with van der Waals surface area (Å²) in [6.45, 7) is 0. The van der Waals surface area contributed by atoms with Crippen molar-refractivity contribution in [3.05, 3.63) is 70.4 Å². The number of nitrogens with zero attached hydrogens (tertiary/aromatic N) is 4. The van der Waals surface area contributed by atoms with Gasteiger partial charge in [0.05, 0.1) is 11.0 Å². The lowest BCUT2D eigenvalue weighted by Gasteiger charge is -2.34. The maximum Gasteiger partial charge on any atom is 0.326 e. The van der Waals surface area contributed by atoms with Gasteiger partial charge in [-0.15, -0.1) is 0 Å². The largest absolute Gasteiger partial charge is 0.326 e. The molecule has 0 amide bonds. The van der Waals surface area contributed by atoms with E-state index < -0.39 is 0 Å². The Bertz CT molecular complexity index is 786. The number of fused-ring (bicyclic) bond motifs is 1. The summed E-state index contributed by atoms with van der Waals surface area (Å²) < 4.78 is 0. The van der Waals surface area contributed by atoms with Crippen molar-refractivity contribution in [3.63, 3.8) is 0 Å². The lowest BCUT2D eigenvalue weighted by atomic mass is 10.0. The van der Waals surface area contributed by atoms with Crippen LogP contribution in [-0.2, 0) is 0 Å². The van der Waals surface area contributed by atoms with Gasteiger partial charge in [0.1, 0.15) is 11.2 Å². The Balaban J connectivity index is 1.76. The maximum absolute atomic E-state index is 11.0. The highest BCUT2D eigenvalue weighted by molar-refractivity contribution is 7.19. The average Bonchev–Trinajstić information content (AvgIpc) is 3.20. The Morgan fingerprint density at radius 3 is 2.78 bits per heavy atom. The van der Waals surface area contributed by atoms with Crippen LogP contribution < -0.4 is 5.01 Å². The van der Waals surface area contributed by atoms with Gasteiger partial charge in [-0.3, -0.25) is 25.1 Å². The van der Waals surface area contributed by atoms with Crippen molar-refractivity contribution in [1.82, 2.24) is 5.01 Å². The molecule has 1 aromatic heterocycles. The predicted octanol–water partition coefficient (Wildman–Crippen LogP) is 3.75. The van der Waals surface area contributed by atoms with E-state index in [0.29, 0.717) is 0 Å². The fourth-order valence-electron chi connectivity index (χ4n) is 3.05. The minimum Gasteiger partial charge on any atom is -0.266 e. The molecule has 0 spiro atoms. The van der Waals surface area contributed by atoms with Gasteiger partial charge in [-0.05, 0) is 29.0 Å². The second-order valence-corrected chi connectivity index (χ2v) is 6.42. The van der Waals surface area contributed by atoms with Crippen LogP contribution in [0.1, 0.15) is 18.0 Å². The van der Waals surface area contributed by atoms with Crippen LogP contribution in [0.2, 0.25) is 0 Å². The number of rotatable bonds is 3. The van der Waals surface area contributed by atoms with Gasteiger partial charge in [0.2, 0.25) is 0 Å². The summed E-state index contributed by atoms with van der Waals surface area (Å²) in [6, 6.07) is 13.7. The highest BCUT2D eigenvalue weighted by Gasteiger charge is 2.40. The van der Waals surface area contributed by atoms with Gasteiger partial charge in [-0.2, -0.15) is 0 Å². The van der Waals surface area contributed by atoms with Gasteiger partial charge in [0, 0.05) is 24.9 Å². The lowest BCUT2D eigenvalue weighted by Crippen LogP contribution is -2.38. The van der Waals surface area contributed by atoms with E-state index in [2.05, 4.69) is 27.1 Å². The SMILES string of the molecule is O=[N+]([O-])c1ccc(N2C(c3ccccc3)CC3N=CC=CN32)s1. The quantitative estimate of drug-likeness (QED) is 0.636. The lowest BCUT2D eigenvalue weighted by molar-refractivity contribution is -0.380. The summed E-state index contributed by atoms with van der Waals surface area (Å²) in [5.41, 5.74) is 1.18. The molecule has 116 valence electrons. The third-order valence-corrected chi connectivity index (χ3v) is 5.06. The molecule has 4 rings (SSSR count). The minimum atomic E-state index is -0.344. The van der Waals surface area contributed by atoms with Crippen LogP contribution in [0.15, 0.2) is 59.7 Å². The van der Waals surface area contributed by atoms with E-state index in [-0.39, 0.29) is 22.1 Å². The molecule has 3 heterocycles. The molecule has 2 aromatic rings. The summed E-state index contributed by atoms with van der Waals surface area (Å²) >= 11 is 1.19. The van der Waals surface area contributed by atoms with Crippen LogP contribution in [-0.4, -0.2) is 22.3 Å². The van der Waals surface area contributed by atoms with Crippen LogP contribution in [0.3, 0.4) is 0 Å². The number of anilines is 1. The normalized spacial score (nSPS) is 22.4. The fraction of sp³-hybridized carbons (Fsp3) is 0.188. The topological polar surface area (TPSA) is 62.0 Å². The molecular weight excluding hydrogens is 312 g/mol. The van der Waals surface area contributed by atoms with E-state index in [0.717, 1.165) is 11.4 Å². The van der Waals surface area contributed by atoms with E-state index in [9.17, 15) is 10.1 Å². The molecule has 0 radical (unpaired) electrons. The van der Waals surface area contributed by atoms with E-state index in [4.69, 9.17) is 0 Å². The number of hydrogen-bond acceptors (Lipinski definition) is 6. The Hall–Kier alpha value is -2.67. The molecule has 0 saturated carbocycles. The Kier molecular flexibility index (Phi) is 3.34. The molecular formula is C16H14N4O2S. The first kappa shape index (κ1) is 14.0. The zero-order chi connectivity index (χ0) is 15.8. The predicted molar refractivity (Wildman–Crippen MR) is 90.5 cm³/mol. The average molecular weight is 326 g/mol. The first-order valence-corrected chi connectivity index (χ1v) is 8.12. The summed E-state index contributed by atoms with van der Waals surface area (Å²) in [5.74, 6) is 0. The fourth-order valence-corrected chi connectivity index (χ4v) is 3.92. The van der Waals surface area contributed by atoms with Crippen molar-refractivity contribution in [2.75, 3.05) is 5.01 Å². The molecule has 2 aliphatic rings. The minimum absolute atomic E-state index is 0.0337. The number of hydrazine groups is 1. The van der Waals surface area contributed by atoms with Crippen molar-refractivity contribution < 1.29 is 4.92 Å². The zero-order valence-electron chi connectivity index (χ0n) is 12.1. The van der Waals surface area contributed by atoms with Crippen LogP contribution >= 0.6 is 11.3 Å². The molecule has 23 heavy (non-hydrogen) atoms. The van der Waals surface area contributed by atoms with Gasteiger partial charge < -0.3 is 0 Å². The summed E-state index contributed by atoms with van der Waals surface area (Å²) in [5, 5.41) is 16.2. The molecule has 0 aliphatic carbocycles. The van der Waals surface area contributed by atoms with Gasteiger partial charge >= 0.3 is 5.00 Å². The molecule has 1 saturated heterocycles. The Morgan fingerprint density at radius 1 is 1.22 bits per heavy atom. The van der Waals surface area contributed by atoms with Gasteiger partial charge in [0.25, 0.3) is 0 Å². The van der Waals surface area contributed by atoms with Gasteiger partial charge in [-0.25, -0.2) is 0 Å². The number of allylic oxidation sites excluding steroid dienone is 1. The molecule has 0 N–H and O–H groups in total. The number of thiophene rings is 1. The summed E-state index contributed by atoms with van der Waals surface area (Å²) in [6.07, 6.45) is 6.55. The smallest absolute Gasteiger partial charge is 0.266 e. The molecule has 2 unspecified atom stereocenters. The molecule has 1 aromatic carbocycles. The summed E-state index contributed by atoms with van der Waals surface area (Å²) in [7, 11) is 0. The van der Waals surface area contributed by atoms with Crippen LogP contribution in [0.4, 0.5) is 10.0 Å². The Labute approximate surface area is 137 Å². The Morgan fingerprint density at radius 2 is 2.04 bits per heavy atom. The highest BCUT2D eigenvalue weighted by Crippen LogP contribution is 2.45. The van der Waals surface area contributed by atoms with E-state index in [1.54, 1.807) is 6.07 Å². The number of hydrogen-bond donors (Lipinski definition) is 0. The van der Waals surface area contributed by atoms with Gasteiger partial charge in [0.15, 0.2) is 0 Å². The molecule has 0 bridgehead atoms. The van der Waals surface area contributed by atoms with Crippen LogP contribution in [0.5, 0.6) is 0 Å². The highest BCUT2D eigenvalue weighted by atomic mass is 32.1. The van der Waals surface area contributed by atoms with Crippen molar-refractivity contribution >= 4 is 27.6 Å². The second-order valence-electron chi connectivity index (χ2n) is 5.38. The first-order chi connectivity index (χ1) is 11.2. The monoisotopic (exact) mass is 326 g/mol. The second kappa shape index (κ2) is 5.51. The zero-order valence-corrected chi connectivity index (χ0v) is 13.0. The summed E-state index contributed by atoms with van der Waals surface area (Å²) in [4.78, 5) is 15.2. The molecule has 6 nitrogen and oxygen atoms in total. The molecule has 7 heteroatoms. The molecule has 1 fully saturated rings. The number of aliphatic imine (C=N–C) groups is 1. The maximum atomic E-state index is 11.0. The van der Waals surface area contributed by atoms with Crippen molar-refractivity contribution in [1.29, 1.82) is 0 Å². The van der Waals surface area contributed by atoms with Crippen LogP contribution in [0, 0.1) is 10.1 Å². The number of benzene rings is 1. The van der Waals surface area contributed by atoms with Crippen molar-refractivity contribution in [2.24, 2.45) is 4.99 Å². The third kappa shape index (κ3) is 2.39. The van der Waals surface area contributed by atoms with E-state index in [1.165, 1.54) is 16.9 Å². The van der Waals surface area contributed by atoms with Crippen molar-refractivity contribution in [2.45, 2.75) is 18.6 Å². The van der Waals surface area contributed by atoms with Crippen molar-refractivity contribution in [3.8, 4) is 0 Å². The standard InChI is InChI=1S/C16H14N4O2S/c21-20(22)16-8-7-15(23-16)19-13(12-5-2-1-3-6-12)11-14-17-9-4-10-18(14)19/h1-10,13-14H,11H2. The first-order valence-electron chi connectivity index (χ1n) is 7.30. The van der Waals surface area contributed by atoms with E-state index in [1.807, 2.05) is 42.8 Å². The van der Waals surface area contributed by atoms with Crippen LogP contribution in [0.25, 0.3) is 0 Å². The van der Waals surface area contributed by atoms with E-state index >= 15 is 0 Å². The van der Waals surface area contributed by atoms with Gasteiger partial charge in [-0.1, -0.05) is 30.3 Å². The molecule has 2 atom stereocenters. The number of nitro groups is 1.